The van der Waals surface area contributed by atoms with Crippen LogP contribution in [0.25, 0.3) is 0 Å². The van der Waals surface area contributed by atoms with E-state index in [0.29, 0.717) is 18.4 Å². The van der Waals surface area contributed by atoms with E-state index < -0.39 is 0 Å². The van der Waals surface area contributed by atoms with Crippen molar-refractivity contribution in [2.75, 3.05) is 26.2 Å². The van der Waals surface area contributed by atoms with Crippen molar-refractivity contribution in [1.82, 2.24) is 10.2 Å². The van der Waals surface area contributed by atoms with Crippen molar-refractivity contribution in [3.8, 4) is 0 Å². The molecule has 1 saturated heterocycles. The van der Waals surface area contributed by atoms with E-state index in [2.05, 4.69) is 12.2 Å². The molecule has 2 rings (SSSR count). The smallest absolute Gasteiger partial charge is 0.222 e. The molecule has 0 spiro atoms. The van der Waals surface area contributed by atoms with Crippen molar-refractivity contribution in [2.24, 2.45) is 11.8 Å². The number of hydrogen-bond donors (Lipinski definition) is 2. The molecule has 0 aromatic rings. The minimum Gasteiger partial charge on any atom is -0.396 e. The Balaban J connectivity index is 1.84. The molecule has 0 aromatic heterocycles. The molecular weight excluding hydrogens is 264 g/mol. The maximum atomic E-state index is 12.2. The summed E-state index contributed by atoms with van der Waals surface area (Å²) in [6, 6.07) is 0.414. The monoisotopic (exact) mass is 296 g/mol. The number of rotatable bonds is 7. The molecule has 1 saturated carbocycles. The highest BCUT2D eigenvalue weighted by atomic mass is 16.3. The number of amides is 1. The summed E-state index contributed by atoms with van der Waals surface area (Å²) in [7, 11) is 0. The van der Waals surface area contributed by atoms with Gasteiger partial charge in [0.2, 0.25) is 5.91 Å². The third-order valence-electron chi connectivity index (χ3n) is 5.06. The minimum atomic E-state index is 0.232. The van der Waals surface area contributed by atoms with E-state index in [1.807, 2.05) is 4.90 Å². The van der Waals surface area contributed by atoms with Crippen molar-refractivity contribution in [1.29, 1.82) is 0 Å². The second-order valence-electron chi connectivity index (χ2n) is 6.92. The van der Waals surface area contributed by atoms with E-state index in [0.717, 1.165) is 44.8 Å². The zero-order chi connectivity index (χ0) is 15.1. The zero-order valence-electron chi connectivity index (χ0n) is 13.5. The van der Waals surface area contributed by atoms with Gasteiger partial charge in [-0.05, 0) is 50.5 Å². The summed E-state index contributed by atoms with van der Waals surface area (Å²) in [5.41, 5.74) is 0. The predicted octanol–water partition coefficient (Wildman–Crippen LogP) is 2.17. The molecule has 0 aromatic carbocycles. The molecule has 122 valence electrons. The molecule has 1 amide bonds. The molecule has 1 aliphatic heterocycles. The lowest BCUT2D eigenvalue weighted by Crippen LogP contribution is -2.52. The van der Waals surface area contributed by atoms with Gasteiger partial charge in [0, 0.05) is 32.2 Å². The van der Waals surface area contributed by atoms with Crippen molar-refractivity contribution in [3.63, 3.8) is 0 Å². The Labute approximate surface area is 129 Å². The lowest BCUT2D eigenvalue weighted by molar-refractivity contribution is -0.133. The SMILES string of the molecule is CCCC(=O)N1CC(CCO)CC(NCC2CCCC2)C1. The number of likely N-dealkylation sites (tertiary alicyclic amines) is 1. The number of hydrogen-bond acceptors (Lipinski definition) is 3. The van der Waals surface area contributed by atoms with Gasteiger partial charge >= 0.3 is 0 Å². The van der Waals surface area contributed by atoms with E-state index in [9.17, 15) is 9.90 Å². The molecule has 2 N–H and O–H groups in total. The molecule has 1 heterocycles. The van der Waals surface area contributed by atoms with Gasteiger partial charge in [-0.1, -0.05) is 19.8 Å². The highest BCUT2D eigenvalue weighted by molar-refractivity contribution is 5.76. The van der Waals surface area contributed by atoms with Crippen molar-refractivity contribution in [2.45, 2.75) is 64.3 Å². The van der Waals surface area contributed by atoms with Gasteiger partial charge in [0.1, 0.15) is 0 Å². The van der Waals surface area contributed by atoms with Gasteiger partial charge in [-0.25, -0.2) is 0 Å². The van der Waals surface area contributed by atoms with Crippen LogP contribution in [0.15, 0.2) is 0 Å². The Morgan fingerprint density at radius 2 is 2.00 bits per heavy atom. The standard InChI is InChI=1S/C17H32N2O2/c1-2-5-17(21)19-12-15(8-9-20)10-16(13-19)18-11-14-6-3-4-7-14/h14-16,18,20H,2-13H2,1H3. The fourth-order valence-electron chi connectivity index (χ4n) is 3.87. The van der Waals surface area contributed by atoms with E-state index in [1.165, 1.54) is 25.7 Å². The normalized spacial score (nSPS) is 27.2. The number of aliphatic hydroxyl groups excluding tert-OH is 1. The third-order valence-corrected chi connectivity index (χ3v) is 5.06. The maximum absolute atomic E-state index is 12.2. The summed E-state index contributed by atoms with van der Waals surface area (Å²) in [6.45, 7) is 5.08. The Hall–Kier alpha value is -0.610. The first-order valence-electron chi connectivity index (χ1n) is 8.85. The van der Waals surface area contributed by atoms with Crippen molar-refractivity contribution in [3.05, 3.63) is 0 Å². The molecule has 0 bridgehead atoms. The highest BCUT2D eigenvalue weighted by Crippen LogP contribution is 2.25. The van der Waals surface area contributed by atoms with Crippen LogP contribution in [0.4, 0.5) is 0 Å². The van der Waals surface area contributed by atoms with E-state index in [4.69, 9.17) is 0 Å². The molecule has 2 atom stereocenters. The Bertz CT molecular complexity index is 316. The van der Waals surface area contributed by atoms with Gasteiger partial charge in [0.25, 0.3) is 0 Å². The first kappa shape index (κ1) is 16.8. The summed E-state index contributed by atoms with van der Waals surface area (Å²) in [5.74, 6) is 1.57. The zero-order valence-corrected chi connectivity index (χ0v) is 13.5. The second-order valence-corrected chi connectivity index (χ2v) is 6.92. The fourth-order valence-corrected chi connectivity index (χ4v) is 3.87. The molecule has 2 fully saturated rings. The predicted molar refractivity (Wildman–Crippen MR) is 85.0 cm³/mol. The largest absolute Gasteiger partial charge is 0.396 e. The maximum Gasteiger partial charge on any atom is 0.222 e. The quantitative estimate of drug-likeness (QED) is 0.757. The van der Waals surface area contributed by atoms with Gasteiger partial charge in [0.15, 0.2) is 0 Å². The molecule has 4 nitrogen and oxygen atoms in total. The third kappa shape index (κ3) is 5.26. The topological polar surface area (TPSA) is 52.6 Å². The van der Waals surface area contributed by atoms with Crippen LogP contribution in [-0.2, 0) is 4.79 Å². The van der Waals surface area contributed by atoms with E-state index in [1.54, 1.807) is 0 Å². The first-order chi connectivity index (χ1) is 10.2. The van der Waals surface area contributed by atoms with Gasteiger partial charge in [-0.3, -0.25) is 4.79 Å². The number of piperidine rings is 1. The molecule has 2 unspecified atom stereocenters. The van der Waals surface area contributed by atoms with Crippen molar-refractivity contribution >= 4 is 5.91 Å². The minimum absolute atomic E-state index is 0.232. The molecule has 2 aliphatic rings. The van der Waals surface area contributed by atoms with Crippen LogP contribution in [0.3, 0.4) is 0 Å². The number of nitrogens with zero attached hydrogens (tertiary/aromatic N) is 1. The van der Waals surface area contributed by atoms with Gasteiger partial charge < -0.3 is 15.3 Å². The summed E-state index contributed by atoms with van der Waals surface area (Å²) in [4.78, 5) is 14.2. The van der Waals surface area contributed by atoms with Gasteiger partial charge in [-0.15, -0.1) is 0 Å². The van der Waals surface area contributed by atoms with E-state index >= 15 is 0 Å². The summed E-state index contributed by atoms with van der Waals surface area (Å²) >= 11 is 0. The van der Waals surface area contributed by atoms with Crippen LogP contribution in [-0.4, -0.2) is 48.2 Å². The van der Waals surface area contributed by atoms with Crippen LogP contribution in [0.1, 0.15) is 58.3 Å². The second kappa shape index (κ2) is 8.74. The number of nitrogens with one attached hydrogen (secondary N) is 1. The van der Waals surface area contributed by atoms with Crippen LogP contribution in [0.5, 0.6) is 0 Å². The first-order valence-corrected chi connectivity index (χ1v) is 8.85. The van der Waals surface area contributed by atoms with Crippen LogP contribution >= 0.6 is 0 Å². The molecule has 21 heavy (non-hydrogen) atoms. The Morgan fingerprint density at radius 3 is 2.67 bits per heavy atom. The Kier molecular flexibility index (Phi) is 6.97. The van der Waals surface area contributed by atoms with Crippen LogP contribution < -0.4 is 5.32 Å². The van der Waals surface area contributed by atoms with Crippen molar-refractivity contribution < 1.29 is 9.90 Å². The summed E-state index contributed by atoms with van der Waals surface area (Å²) < 4.78 is 0. The van der Waals surface area contributed by atoms with E-state index in [-0.39, 0.29) is 12.5 Å². The molecule has 0 radical (unpaired) electrons. The lowest BCUT2D eigenvalue weighted by atomic mass is 9.91. The number of aliphatic hydroxyl groups is 1. The Morgan fingerprint density at radius 1 is 1.24 bits per heavy atom. The summed E-state index contributed by atoms with van der Waals surface area (Å²) in [6.07, 6.45) is 8.97. The fraction of sp³-hybridized carbons (Fsp3) is 0.941. The molecule has 1 aliphatic carbocycles. The van der Waals surface area contributed by atoms with Gasteiger partial charge in [-0.2, -0.15) is 0 Å². The molecular formula is C17H32N2O2. The average molecular weight is 296 g/mol. The van der Waals surface area contributed by atoms with Gasteiger partial charge in [0.05, 0.1) is 0 Å². The number of carbonyl (C=O) groups is 1. The molecule has 4 heteroatoms. The average Bonchev–Trinajstić information content (AvgIpc) is 2.99. The summed E-state index contributed by atoms with van der Waals surface area (Å²) in [5, 5.41) is 12.9. The lowest BCUT2D eigenvalue weighted by Gasteiger charge is -2.38. The number of carbonyl (C=O) groups excluding carboxylic acids is 1. The highest BCUT2D eigenvalue weighted by Gasteiger charge is 2.29. The van der Waals surface area contributed by atoms with Crippen LogP contribution in [0, 0.1) is 11.8 Å². The van der Waals surface area contributed by atoms with Crippen LogP contribution in [0.2, 0.25) is 0 Å².